The maximum absolute atomic E-state index is 4.50. The van der Waals surface area contributed by atoms with Gasteiger partial charge < -0.3 is 5.32 Å². The lowest BCUT2D eigenvalue weighted by Gasteiger charge is -2.22. The number of piperidine rings is 1. The summed E-state index contributed by atoms with van der Waals surface area (Å²) in [5.41, 5.74) is 2.43. The monoisotopic (exact) mass is 193 g/mol. The first kappa shape index (κ1) is 9.71. The summed E-state index contributed by atoms with van der Waals surface area (Å²) < 4.78 is 2.16. The summed E-state index contributed by atoms with van der Waals surface area (Å²) in [6.45, 7) is 7.64. The Morgan fingerprint density at radius 1 is 1.43 bits per heavy atom. The molecule has 1 aliphatic rings. The zero-order valence-electron chi connectivity index (χ0n) is 9.08. The summed E-state index contributed by atoms with van der Waals surface area (Å²) >= 11 is 0. The lowest BCUT2D eigenvalue weighted by Crippen LogP contribution is -2.30. The van der Waals surface area contributed by atoms with Gasteiger partial charge >= 0.3 is 0 Å². The van der Waals surface area contributed by atoms with Gasteiger partial charge in [0, 0.05) is 12.2 Å². The first-order chi connectivity index (χ1) is 6.75. The average Bonchev–Trinajstić information content (AvgIpc) is 2.47. The van der Waals surface area contributed by atoms with Crippen LogP contribution in [0.15, 0.2) is 6.07 Å². The van der Waals surface area contributed by atoms with Crippen molar-refractivity contribution >= 4 is 0 Å². The Morgan fingerprint density at radius 3 is 2.71 bits per heavy atom. The Balaban J connectivity index is 1.98. The normalized spacial score (nSPS) is 18.7. The molecule has 1 aliphatic heterocycles. The van der Waals surface area contributed by atoms with Gasteiger partial charge in [0.05, 0.1) is 5.69 Å². The summed E-state index contributed by atoms with van der Waals surface area (Å²) in [4.78, 5) is 0. The van der Waals surface area contributed by atoms with Crippen LogP contribution in [-0.4, -0.2) is 22.9 Å². The van der Waals surface area contributed by atoms with E-state index in [4.69, 9.17) is 0 Å². The second-order valence-electron chi connectivity index (χ2n) is 4.30. The fourth-order valence-electron chi connectivity index (χ4n) is 2.17. The van der Waals surface area contributed by atoms with Gasteiger partial charge in [0.1, 0.15) is 0 Å². The van der Waals surface area contributed by atoms with Crippen LogP contribution in [0.1, 0.15) is 24.2 Å². The lowest BCUT2D eigenvalue weighted by atomic mass is 9.98. The van der Waals surface area contributed by atoms with E-state index >= 15 is 0 Å². The van der Waals surface area contributed by atoms with E-state index in [0.29, 0.717) is 0 Å². The van der Waals surface area contributed by atoms with E-state index in [-0.39, 0.29) is 0 Å². The third kappa shape index (κ3) is 2.15. The molecule has 2 rings (SSSR count). The Hall–Kier alpha value is -0.830. The van der Waals surface area contributed by atoms with Crippen LogP contribution in [0.25, 0.3) is 0 Å². The van der Waals surface area contributed by atoms with Gasteiger partial charge in [-0.15, -0.1) is 0 Å². The van der Waals surface area contributed by atoms with Gasteiger partial charge in [-0.25, -0.2) is 0 Å². The van der Waals surface area contributed by atoms with Crippen LogP contribution in [0.4, 0.5) is 0 Å². The highest BCUT2D eigenvalue weighted by Gasteiger charge is 2.14. The summed E-state index contributed by atoms with van der Waals surface area (Å²) in [7, 11) is 0. The van der Waals surface area contributed by atoms with Crippen LogP contribution in [0, 0.1) is 19.8 Å². The summed E-state index contributed by atoms with van der Waals surface area (Å²) in [6, 6.07) is 2.15. The molecule has 0 atom stereocenters. The van der Waals surface area contributed by atoms with Crippen molar-refractivity contribution in [3.8, 4) is 0 Å². The molecule has 0 bridgehead atoms. The minimum absolute atomic E-state index is 0.814. The van der Waals surface area contributed by atoms with Crippen LogP contribution in [0.2, 0.25) is 0 Å². The van der Waals surface area contributed by atoms with E-state index in [1.165, 1.54) is 31.6 Å². The van der Waals surface area contributed by atoms with Crippen molar-refractivity contribution in [1.29, 1.82) is 0 Å². The van der Waals surface area contributed by atoms with E-state index < -0.39 is 0 Å². The molecule has 0 amide bonds. The molecule has 0 unspecified atom stereocenters. The highest BCUT2D eigenvalue weighted by atomic mass is 15.3. The van der Waals surface area contributed by atoms with E-state index in [1.54, 1.807) is 0 Å². The van der Waals surface area contributed by atoms with Crippen LogP contribution in [0.3, 0.4) is 0 Å². The molecule has 1 N–H and O–H groups in total. The van der Waals surface area contributed by atoms with E-state index in [0.717, 1.165) is 18.2 Å². The second-order valence-corrected chi connectivity index (χ2v) is 4.30. The van der Waals surface area contributed by atoms with Crippen LogP contribution >= 0.6 is 0 Å². The minimum atomic E-state index is 0.814. The fourth-order valence-corrected chi connectivity index (χ4v) is 2.17. The molecular formula is C11H19N3. The molecule has 1 aromatic rings. The number of nitrogens with one attached hydrogen (secondary N) is 1. The number of aryl methyl sites for hydroxylation is 2. The average molecular weight is 193 g/mol. The maximum atomic E-state index is 4.50. The molecule has 1 saturated heterocycles. The second kappa shape index (κ2) is 4.13. The van der Waals surface area contributed by atoms with Crippen LogP contribution in [0.5, 0.6) is 0 Å². The molecule has 0 saturated carbocycles. The van der Waals surface area contributed by atoms with Crippen molar-refractivity contribution in [3.05, 3.63) is 17.5 Å². The first-order valence-corrected chi connectivity index (χ1v) is 5.47. The number of hydrogen-bond acceptors (Lipinski definition) is 2. The van der Waals surface area contributed by atoms with Crippen molar-refractivity contribution in [2.24, 2.45) is 5.92 Å². The fraction of sp³-hybridized carbons (Fsp3) is 0.727. The highest BCUT2D eigenvalue weighted by molar-refractivity contribution is 5.06. The lowest BCUT2D eigenvalue weighted by molar-refractivity contribution is 0.318. The van der Waals surface area contributed by atoms with Gasteiger partial charge in [-0.05, 0) is 51.8 Å². The molecule has 78 valence electrons. The quantitative estimate of drug-likeness (QED) is 0.771. The van der Waals surface area contributed by atoms with Gasteiger partial charge in [-0.1, -0.05) is 0 Å². The number of nitrogens with zero attached hydrogens (tertiary/aromatic N) is 2. The molecule has 0 radical (unpaired) electrons. The Bertz CT molecular complexity index is 297. The van der Waals surface area contributed by atoms with Crippen LogP contribution < -0.4 is 5.32 Å². The SMILES string of the molecule is Cc1cc(C)n(CC2CCNCC2)n1. The summed E-state index contributed by atoms with van der Waals surface area (Å²) in [5, 5.41) is 7.89. The van der Waals surface area contributed by atoms with Crippen molar-refractivity contribution in [2.45, 2.75) is 33.2 Å². The Kier molecular flexibility index (Phi) is 2.87. The Morgan fingerprint density at radius 2 is 2.14 bits per heavy atom. The molecule has 0 aromatic carbocycles. The first-order valence-electron chi connectivity index (χ1n) is 5.47. The minimum Gasteiger partial charge on any atom is -0.317 e. The molecule has 1 aromatic heterocycles. The zero-order chi connectivity index (χ0) is 9.97. The van der Waals surface area contributed by atoms with E-state index in [9.17, 15) is 0 Å². The van der Waals surface area contributed by atoms with E-state index in [1.807, 2.05) is 0 Å². The predicted molar refractivity (Wildman–Crippen MR) is 57.3 cm³/mol. The molecule has 0 spiro atoms. The molecule has 3 nitrogen and oxygen atoms in total. The third-order valence-corrected chi connectivity index (χ3v) is 2.99. The standard InChI is InChI=1S/C11H19N3/c1-9-7-10(2)14(13-9)8-11-3-5-12-6-4-11/h7,11-12H,3-6,8H2,1-2H3. The molecule has 3 heteroatoms. The number of rotatable bonds is 2. The highest BCUT2D eigenvalue weighted by Crippen LogP contribution is 2.15. The van der Waals surface area contributed by atoms with Crippen LogP contribution in [-0.2, 0) is 6.54 Å². The molecule has 14 heavy (non-hydrogen) atoms. The van der Waals surface area contributed by atoms with E-state index in [2.05, 4.69) is 35.0 Å². The van der Waals surface area contributed by atoms with Gasteiger partial charge in [-0.3, -0.25) is 4.68 Å². The Labute approximate surface area is 85.5 Å². The largest absolute Gasteiger partial charge is 0.317 e. The number of hydrogen-bond donors (Lipinski definition) is 1. The topological polar surface area (TPSA) is 29.9 Å². The maximum Gasteiger partial charge on any atom is 0.0596 e. The van der Waals surface area contributed by atoms with Crippen molar-refractivity contribution in [3.63, 3.8) is 0 Å². The molecule has 2 heterocycles. The van der Waals surface area contributed by atoms with Gasteiger partial charge in [0.25, 0.3) is 0 Å². The summed E-state index contributed by atoms with van der Waals surface area (Å²) in [6.07, 6.45) is 2.58. The number of aromatic nitrogens is 2. The van der Waals surface area contributed by atoms with Crippen molar-refractivity contribution in [1.82, 2.24) is 15.1 Å². The summed E-state index contributed by atoms with van der Waals surface area (Å²) in [5.74, 6) is 0.814. The van der Waals surface area contributed by atoms with Gasteiger partial charge in [0.2, 0.25) is 0 Å². The van der Waals surface area contributed by atoms with Crippen molar-refractivity contribution < 1.29 is 0 Å². The van der Waals surface area contributed by atoms with Gasteiger partial charge in [-0.2, -0.15) is 5.10 Å². The molecule has 0 aliphatic carbocycles. The van der Waals surface area contributed by atoms with Crippen molar-refractivity contribution in [2.75, 3.05) is 13.1 Å². The predicted octanol–water partition coefficient (Wildman–Crippen LogP) is 1.50. The zero-order valence-corrected chi connectivity index (χ0v) is 9.08. The third-order valence-electron chi connectivity index (χ3n) is 2.99. The molecule has 1 fully saturated rings. The van der Waals surface area contributed by atoms with Gasteiger partial charge in [0.15, 0.2) is 0 Å². The smallest absolute Gasteiger partial charge is 0.0596 e. The molecular weight excluding hydrogens is 174 g/mol.